The van der Waals surface area contributed by atoms with E-state index in [9.17, 15) is 4.79 Å². The number of likely N-dealkylation sites (N-methyl/N-ethyl adjacent to an activating group) is 1. The van der Waals surface area contributed by atoms with Gasteiger partial charge in [0.25, 0.3) is 5.91 Å². The quantitative estimate of drug-likeness (QED) is 0.784. The standard InChI is InChI=1S/C22H28N2O3/c1-24(14-16-11-12-20(26-2)21(13-16)27-3)15-22(25)23-19-10-6-8-17-7-4-5-9-18(17)19/h4-5,7,9,11-13,19H,6,8,10,14-15H2,1-3H3,(H,23,25)/p+1/t19-/m1/s1. The van der Waals surface area contributed by atoms with Gasteiger partial charge in [0.2, 0.25) is 0 Å². The van der Waals surface area contributed by atoms with Gasteiger partial charge in [-0.15, -0.1) is 0 Å². The Labute approximate surface area is 161 Å². The van der Waals surface area contributed by atoms with Gasteiger partial charge >= 0.3 is 0 Å². The normalized spacial score (nSPS) is 16.9. The van der Waals surface area contributed by atoms with Gasteiger partial charge in [0, 0.05) is 5.56 Å². The first-order chi connectivity index (χ1) is 13.1. The molecule has 2 aromatic carbocycles. The SMILES string of the molecule is COc1ccc(C[NH+](C)CC(=O)N[C@@H]2CCCc3ccccc32)cc1OC. The summed E-state index contributed by atoms with van der Waals surface area (Å²) >= 11 is 0. The molecule has 0 saturated heterocycles. The summed E-state index contributed by atoms with van der Waals surface area (Å²) < 4.78 is 10.6. The van der Waals surface area contributed by atoms with Crippen LogP contribution < -0.4 is 19.7 Å². The van der Waals surface area contributed by atoms with Gasteiger partial charge in [0.05, 0.1) is 27.3 Å². The fourth-order valence-corrected chi connectivity index (χ4v) is 3.82. The van der Waals surface area contributed by atoms with E-state index in [1.807, 2.05) is 25.2 Å². The van der Waals surface area contributed by atoms with Crippen LogP contribution in [-0.4, -0.2) is 33.7 Å². The van der Waals surface area contributed by atoms with Crippen LogP contribution in [0.25, 0.3) is 0 Å². The topological polar surface area (TPSA) is 52.0 Å². The molecule has 5 heteroatoms. The molecular formula is C22H29N2O3+. The molecule has 1 amide bonds. The van der Waals surface area contributed by atoms with Gasteiger partial charge in [-0.2, -0.15) is 0 Å². The molecule has 1 aliphatic rings. The maximum Gasteiger partial charge on any atom is 0.275 e. The second-order valence-corrected chi connectivity index (χ2v) is 7.21. The van der Waals surface area contributed by atoms with Crippen molar-refractivity contribution < 1.29 is 19.2 Å². The van der Waals surface area contributed by atoms with E-state index in [1.54, 1.807) is 14.2 Å². The van der Waals surface area contributed by atoms with Crippen LogP contribution in [0, 0.1) is 0 Å². The van der Waals surface area contributed by atoms with Crippen molar-refractivity contribution in [1.82, 2.24) is 5.32 Å². The second-order valence-electron chi connectivity index (χ2n) is 7.21. The number of nitrogens with one attached hydrogen (secondary N) is 2. The lowest BCUT2D eigenvalue weighted by atomic mass is 9.88. The first-order valence-corrected chi connectivity index (χ1v) is 9.50. The fourth-order valence-electron chi connectivity index (χ4n) is 3.82. The molecule has 0 fully saturated rings. The molecule has 2 N–H and O–H groups in total. The number of carbonyl (C=O) groups excluding carboxylic acids is 1. The highest BCUT2D eigenvalue weighted by atomic mass is 16.5. The summed E-state index contributed by atoms with van der Waals surface area (Å²) in [5.41, 5.74) is 3.75. The predicted octanol–water partition coefficient (Wildman–Crippen LogP) is 1.91. The van der Waals surface area contributed by atoms with Crippen LogP contribution in [0.2, 0.25) is 0 Å². The van der Waals surface area contributed by atoms with E-state index in [2.05, 4.69) is 29.6 Å². The van der Waals surface area contributed by atoms with Crippen molar-refractivity contribution in [2.45, 2.75) is 31.8 Å². The Morgan fingerprint density at radius 3 is 2.70 bits per heavy atom. The van der Waals surface area contributed by atoms with Gasteiger partial charge < -0.3 is 19.7 Å². The smallest absolute Gasteiger partial charge is 0.275 e. The molecule has 0 heterocycles. The third-order valence-corrected chi connectivity index (χ3v) is 5.12. The fraction of sp³-hybridized carbons (Fsp3) is 0.409. The lowest BCUT2D eigenvalue weighted by molar-refractivity contribution is -0.885. The zero-order valence-electron chi connectivity index (χ0n) is 16.4. The van der Waals surface area contributed by atoms with Crippen molar-refractivity contribution in [3.8, 4) is 11.5 Å². The van der Waals surface area contributed by atoms with Crippen LogP contribution >= 0.6 is 0 Å². The van der Waals surface area contributed by atoms with Crippen LogP contribution in [0.15, 0.2) is 42.5 Å². The van der Waals surface area contributed by atoms with E-state index >= 15 is 0 Å². The Hall–Kier alpha value is -2.53. The average molecular weight is 369 g/mol. The van der Waals surface area contributed by atoms with Crippen LogP contribution in [0.5, 0.6) is 11.5 Å². The van der Waals surface area contributed by atoms with E-state index in [4.69, 9.17) is 9.47 Å². The molecule has 0 aliphatic heterocycles. The summed E-state index contributed by atoms with van der Waals surface area (Å²) in [6, 6.07) is 14.5. The Bertz CT molecular complexity index is 791. The maximum atomic E-state index is 12.6. The minimum absolute atomic E-state index is 0.0923. The molecule has 144 valence electrons. The number of methoxy groups -OCH3 is 2. The van der Waals surface area contributed by atoms with E-state index in [1.165, 1.54) is 11.1 Å². The molecule has 3 rings (SSSR count). The maximum absolute atomic E-state index is 12.6. The summed E-state index contributed by atoms with van der Waals surface area (Å²) in [4.78, 5) is 13.7. The predicted molar refractivity (Wildman–Crippen MR) is 105 cm³/mol. The molecule has 2 atom stereocenters. The Kier molecular flexibility index (Phi) is 6.35. The van der Waals surface area contributed by atoms with Crippen LogP contribution in [0.4, 0.5) is 0 Å². The number of amides is 1. The lowest BCUT2D eigenvalue weighted by Gasteiger charge is -2.26. The average Bonchev–Trinajstić information content (AvgIpc) is 2.68. The van der Waals surface area contributed by atoms with Crippen molar-refractivity contribution in [3.63, 3.8) is 0 Å². The third-order valence-electron chi connectivity index (χ3n) is 5.12. The van der Waals surface area contributed by atoms with E-state index in [-0.39, 0.29) is 11.9 Å². The van der Waals surface area contributed by atoms with E-state index in [0.29, 0.717) is 18.0 Å². The number of benzene rings is 2. The Balaban J connectivity index is 1.57. The third kappa shape index (κ3) is 4.80. The highest BCUT2D eigenvalue weighted by Crippen LogP contribution is 2.29. The monoisotopic (exact) mass is 369 g/mol. The number of quaternary nitrogens is 1. The minimum Gasteiger partial charge on any atom is -0.493 e. The molecule has 0 saturated carbocycles. The zero-order valence-corrected chi connectivity index (χ0v) is 16.4. The number of hydrogen-bond donors (Lipinski definition) is 2. The molecule has 0 spiro atoms. The summed E-state index contributed by atoms with van der Waals surface area (Å²) in [5.74, 6) is 1.52. The summed E-state index contributed by atoms with van der Waals surface area (Å²) in [6.07, 6.45) is 3.24. The van der Waals surface area contributed by atoms with Crippen molar-refractivity contribution in [3.05, 3.63) is 59.2 Å². The summed E-state index contributed by atoms with van der Waals surface area (Å²) in [5, 5.41) is 3.23. The van der Waals surface area contributed by atoms with Crippen molar-refractivity contribution in [2.75, 3.05) is 27.8 Å². The van der Waals surface area contributed by atoms with Crippen LogP contribution in [-0.2, 0) is 17.8 Å². The molecule has 0 bridgehead atoms. The van der Waals surface area contributed by atoms with Gasteiger partial charge in [-0.3, -0.25) is 4.79 Å². The first kappa shape index (κ1) is 19.2. The van der Waals surface area contributed by atoms with Crippen molar-refractivity contribution in [1.29, 1.82) is 0 Å². The van der Waals surface area contributed by atoms with Gasteiger partial charge in [0.1, 0.15) is 6.54 Å². The molecular weight excluding hydrogens is 340 g/mol. The number of carbonyl (C=O) groups is 1. The van der Waals surface area contributed by atoms with Gasteiger partial charge in [-0.05, 0) is 48.6 Å². The first-order valence-electron chi connectivity index (χ1n) is 9.50. The number of rotatable bonds is 7. The molecule has 1 aliphatic carbocycles. The summed E-state index contributed by atoms with van der Waals surface area (Å²) in [7, 11) is 5.29. The minimum atomic E-state index is 0.0923. The van der Waals surface area contributed by atoms with Crippen LogP contribution in [0.1, 0.15) is 35.6 Å². The lowest BCUT2D eigenvalue weighted by Crippen LogP contribution is -3.08. The van der Waals surface area contributed by atoms with E-state index < -0.39 is 0 Å². The molecule has 2 aromatic rings. The highest BCUT2D eigenvalue weighted by Gasteiger charge is 2.22. The van der Waals surface area contributed by atoms with Crippen LogP contribution in [0.3, 0.4) is 0 Å². The Morgan fingerprint density at radius 2 is 1.93 bits per heavy atom. The number of fused-ring (bicyclic) bond motifs is 1. The van der Waals surface area contributed by atoms with E-state index in [0.717, 1.165) is 36.3 Å². The second kappa shape index (κ2) is 8.91. The van der Waals surface area contributed by atoms with Crippen molar-refractivity contribution >= 4 is 5.91 Å². The number of hydrogen-bond acceptors (Lipinski definition) is 3. The molecule has 0 aromatic heterocycles. The largest absolute Gasteiger partial charge is 0.493 e. The van der Waals surface area contributed by atoms with Gasteiger partial charge in [-0.25, -0.2) is 0 Å². The summed E-state index contributed by atoms with van der Waals surface area (Å²) in [6.45, 7) is 1.18. The van der Waals surface area contributed by atoms with Gasteiger partial charge in [0.15, 0.2) is 18.0 Å². The molecule has 27 heavy (non-hydrogen) atoms. The molecule has 0 radical (unpaired) electrons. The molecule has 1 unspecified atom stereocenters. The van der Waals surface area contributed by atoms with Crippen molar-refractivity contribution in [2.24, 2.45) is 0 Å². The van der Waals surface area contributed by atoms with Gasteiger partial charge in [-0.1, -0.05) is 24.3 Å². The number of aryl methyl sites for hydroxylation is 1. The number of ether oxygens (including phenoxy) is 2. The highest BCUT2D eigenvalue weighted by molar-refractivity contribution is 5.77. The Morgan fingerprint density at radius 1 is 1.15 bits per heavy atom. The molecule has 5 nitrogen and oxygen atoms in total. The zero-order chi connectivity index (χ0) is 19.2.